The van der Waals surface area contributed by atoms with Crippen LogP contribution in [0.25, 0.3) is 22.2 Å². The Labute approximate surface area is 155 Å². The predicted molar refractivity (Wildman–Crippen MR) is 104 cm³/mol. The molecule has 1 unspecified atom stereocenters. The van der Waals surface area contributed by atoms with Gasteiger partial charge in [0.15, 0.2) is 6.23 Å². The molecule has 2 aromatic carbocycles. The highest BCUT2D eigenvalue weighted by atomic mass is 32.1. The molecule has 5 nitrogen and oxygen atoms in total. The molecule has 130 valence electrons. The lowest BCUT2D eigenvalue weighted by Gasteiger charge is -2.04. The molecule has 2 heterocycles. The van der Waals surface area contributed by atoms with Crippen molar-refractivity contribution in [2.45, 2.75) is 13.2 Å². The van der Waals surface area contributed by atoms with Gasteiger partial charge in [0.05, 0.1) is 16.3 Å². The first-order chi connectivity index (χ1) is 12.7. The highest BCUT2D eigenvalue weighted by Gasteiger charge is 2.20. The topological polar surface area (TPSA) is 53.8 Å². The van der Waals surface area contributed by atoms with Gasteiger partial charge >= 0.3 is 5.13 Å². The molecule has 4 rings (SSSR count). The van der Waals surface area contributed by atoms with Gasteiger partial charge in [-0.1, -0.05) is 48.5 Å². The molecule has 0 saturated heterocycles. The molecule has 0 bridgehead atoms. The van der Waals surface area contributed by atoms with Crippen LogP contribution in [-0.4, -0.2) is 9.67 Å². The Kier molecular flexibility index (Phi) is 4.36. The van der Waals surface area contributed by atoms with E-state index in [-0.39, 0.29) is 0 Å². The van der Waals surface area contributed by atoms with Crippen molar-refractivity contribution in [3.05, 3.63) is 66.2 Å². The number of rotatable bonds is 4. The number of nitrogens with zero attached hydrogens (tertiary/aromatic N) is 4. The fourth-order valence-electron chi connectivity index (χ4n) is 3.13. The van der Waals surface area contributed by atoms with Crippen LogP contribution in [0.15, 0.2) is 76.4 Å². The second-order valence-electron chi connectivity index (χ2n) is 6.06. The van der Waals surface area contributed by atoms with Gasteiger partial charge in [0.1, 0.15) is 11.9 Å². The normalized spacial score (nSPS) is 12.9. The van der Waals surface area contributed by atoms with Gasteiger partial charge in [0, 0.05) is 30.3 Å². The molecule has 1 N–H and O–H groups in total. The van der Waals surface area contributed by atoms with Gasteiger partial charge < -0.3 is 9.67 Å². The zero-order valence-corrected chi connectivity index (χ0v) is 15.4. The molecular formula is C20H19N4OS+. The summed E-state index contributed by atoms with van der Waals surface area (Å²) in [5.74, 6) is 0. The minimum atomic E-state index is -0.642. The fourth-order valence-corrected chi connectivity index (χ4v) is 3.87. The van der Waals surface area contributed by atoms with E-state index in [2.05, 4.69) is 39.1 Å². The molecule has 1 atom stereocenters. The van der Waals surface area contributed by atoms with Gasteiger partial charge in [0.2, 0.25) is 0 Å². The average molecular weight is 363 g/mol. The summed E-state index contributed by atoms with van der Waals surface area (Å²) in [5.41, 5.74) is 4.06. The third kappa shape index (κ3) is 2.83. The van der Waals surface area contributed by atoms with E-state index in [0.717, 1.165) is 27.8 Å². The largest absolute Gasteiger partial charge is 0.410 e. The summed E-state index contributed by atoms with van der Waals surface area (Å²) >= 11 is 1.45. The predicted octanol–water partition coefficient (Wildman–Crippen LogP) is 5.12. The van der Waals surface area contributed by atoms with E-state index in [1.165, 1.54) is 11.3 Å². The van der Waals surface area contributed by atoms with E-state index < -0.39 is 6.23 Å². The average Bonchev–Trinajstić information content (AvgIpc) is 3.24. The number of hydrogen-bond acceptors (Lipinski definition) is 4. The van der Waals surface area contributed by atoms with Crippen molar-refractivity contribution in [3.63, 3.8) is 0 Å². The van der Waals surface area contributed by atoms with Gasteiger partial charge in [-0.05, 0) is 22.5 Å². The van der Waals surface area contributed by atoms with Crippen LogP contribution >= 0.6 is 11.3 Å². The number of fused-ring (bicyclic) bond motifs is 1. The molecule has 0 radical (unpaired) electrons. The van der Waals surface area contributed by atoms with Crippen LogP contribution in [0.3, 0.4) is 0 Å². The number of azo groups is 1. The number of aryl methyl sites for hydroxylation is 1. The third-order valence-corrected chi connectivity index (χ3v) is 5.14. The van der Waals surface area contributed by atoms with Crippen LogP contribution in [0.4, 0.5) is 10.8 Å². The summed E-state index contributed by atoms with van der Waals surface area (Å²) < 4.78 is 3.84. The minimum absolute atomic E-state index is 0.642. The van der Waals surface area contributed by atoms with E-state index in [9.17, 15) is 5.11 Å². The summed E-state index contributed by atoms with van der Waals surface area (Å²) in [5, 5.41) is 22.5. The molecule has 0 aliphatic carbocycles. The number of aromatic nitrogens is 2. The van der Waals surface area contributed by atoms with Crippen LogP contribution in [0.1, 0.15) is 13.2 Å². The molecule has 6 heteroatoms. The maximum atomic E-state index is 9.86. The Balaban J connectivity index is 1.91. The van der Waals surface area contributed by atoms with E-state index >= 15 is 0 Å². The first kappa shape index (κ1) is 16.6. The van der Waals surface area contributed by atoms with E-state index in [1.54, 1.807) is 11.5 Å². The molecule has 2 aromatic heterocycles. The molecule has 0 fully saturated rings. The second-order valence-corrected chi connectivity index (χ2v) is 6.94. The van der Waals surface area contributed by atoms with Crippen LogP contribution in [0.2, 0.25) is 0 Å². The minimum Gasteiger partial charge on any atom is -0.355 e. The van der Waals surface area contributed by atoms with Crippen molar-refractivity contribution >= 4 is 33.1 Å². The Morgan fingerprint density at radius 3 is 2.54 bits per heavy atom. The number of aliphatic hydroxyl groups excluding tert-OH is 1. The number of thiazole rings is 1. The van der Waals surface area contributed by atoms with Crippen molar-refractivity contribution in [2.75, 3.05) is 0 Å². The van der Waals surface area contributed by atoms with Crippen LogP contribution < -0.4 is 4.57 Å². The second kappa shape index (κ2) is 6.82. The first-order valence-corrected chi connectivity index (χ1v) is 9.26. The van der Waals surface area contributed by atoms with Crippen LogP contribution in [-0.2, 0) is 7.05 Å². The Morgan fingerprint density at radius 2 is 1.77 bits per heavy atom. The van der Waals surface area contributed by atoms with Crippen molar-refractivity contribution in [2.24, 2.45) is 17.3 Å². The summed E-state index contributed by atoms with van der Waals surface area (Å²) in [6.45, 7) is 1.71. The summed E-state index contributed by atoms with van der Waals surface area (Å²) in [4.78, 5) is 0. The van der Waals surface area contributed by atoms with E-state index in [1.807, 2.05) is 49.0 Å². The SMILES string of the molecule is CC(O)[n+]1ccsc1N=Nc1c(-c2ccccc2)n(C)c2ccccc12. The lowest BCUT2D eigenvalue weighted by molar-refractivity contribution is -0.741. The van der Waals surface area contributed by atoms with Crippen molar-refractivity contribution in [1.29, 1.82) is 0 Å². The van der Waals surface area contributed by atoms with Gasteiger partial charge in [-0.15, -0.1) is 0 Å². The highest BCUT2D eigenvalue weighted by Crippen LogP contribution is 2.40. The number of aliphatic hydroxyl groups is 1. The van der Waals surface area contributed by atoms with Gasteiger partial charge in [-0.3, -0.25) is 0 Å². The number of benzene rings is 2. The maximum Gasteiger partial charge on any atom is 0.410 e. The highest BCUT2D eigenvalue weighted by molar-refractivity contribution is 7.12. The van der Waals surface area contributed by atoms with Crippen molar-refractivity contribution in [3.8, 4) is 11.3 Å². The zero-order chi connectivity index (χ0) is 18.1. The molecule has 0 amide bonds. The van der Waals surface area contributed by atoms with Crippen molar-refractivity contribution in [1.82, 2.24) is 4.57 Å². The molecule has 0 saturated carbocycles. The van der Waals surface area contributed by atoms with E-state index in [4.69, 9.17) is 0 Å². The van der Waals surface area contributed by atoms with Gasteiger partial charge in [-0.25, -0.2) is 0 Å². The molecule has 0 aliphatic heterocycles. The molecule has 0 spiro atoms. The smallest absolute Gasteiger partial charge is 0.355 e. The summed E-state index contributed by atoms with van der Waals surface area (Å²) in [6.07, 6.45) is 1.17. The molecule has 0 aliphatic rings. The Hall–Kier alpha value is -2.83. The molecule has 4 aromatic rings. The van der Waals surface area contributed by atoms with Crippen molar-refractivity contribution < 1.29 is 9.67 Å². The van der Waals surface area contributed by atoms with Gasteiger partial charge in [-0.2, -0.15) is 4.57 Å². The fraction of sp³-hybridized carbons (Fsp3) is 0.150. The Bertz CT molecular complexity index is 1080. The van der Waals surface area contributed by atoms with Gasteiger partial charge in [0.25, 0.3) is 0 Å². The summed E-state index contributed by atoms with van der Waals surface area (Å²) in [7, 11) is 2.05. The molecule has 26 heavy (non-hydrogen) atoms. The monoisotopic (exact) mass is 363 g/mol. The Morgan fingerprint density at radius 1 is 1.04 bits per heavy atom. The van der Waals surface area contributed by atoms with Crippen LogP contribution in [0.5, 0.6) is 0 Å². The third-order valence-electron chi connectivity index (χ3n) is 4.38. The quantitative estimate of drug-likeness (QED) is 0.397. The summed E-state index contributed by atoms with van der Waals surface area (Å²) in [6, 6.07) is 18.4. The number of para-hydroxylation sites is 1. The van der Waals surface area contributed by atoms with E-state index in [0.29, 0.717) is 5.13 Å². The lowest BCUT2D eigenvalue weighted by atomic mass is 10.1. The lowest BCUT2D eigenvalue weighted by Crippen LogP contribution is -2.35. The van der Waals surface area contributed by atoms with Crippen LogP contribution in [0, 0.1) is 0 Å². The number of hydrogen-bond donors (Lipinski definition) is 1. The molecular weight excluding hydrogens is 344 g/mol. The maximum absolute atomic E-state index is 9.86. The standard InChI is InChI=1S/C20H19N4OS/c1-14(25)24-12-13-26-20(24)22-21-18-16-10-6-7-11-17(16)23(2)19(18)15-8-4-3-5-9-15/h3-14,25H,1-2H3/q+1. The zero-order valence-electron chi connectivity index (χ0n) is 14.6. The first-order valence-electron chi connectivity index (χ1n) is 8.38.